The molecule has 2 aromatic rings. The van der Waals surface area contributed by atoms with Crippen molar-refractivity contribution in [1.29, 1.82) is 0 Å². The van der Waals surface area contributed by atoms with Gasteiger partial charge >= 0.3 is 0 Å². The molecule has 1 heterocycles. The number of carbonyl (C=O) groups is 1. The van der Waals surface area contributed by atoms with Crippen LogP contribution in [0.4, 0.5) is 0 Å². The Morgan fingerprint density at radius 1 is 0.889 bits per heavy atom. The minimum Gasteiger partial charge on any atom is -0.340 e. The molecule has 27 heavy (non-hydrogen) atoms. The molecule has 1 unspecified atom stereocenters. The van der Waals surface area contributed by atoms with Gasteiger partial charge in [0.25, 0.3) is 0 Å². The van der Waals surface area contributed by atoms with Gasteiger partial charge in [0.05, 0.1) is 12.1 Å². The van der Waals surface area contributed by atoms with Crippen molar-refractivity contribution in [2.75, 3.05) is 13.1 Å². The molecule has 0 aromatic heterocycles. The van der Waals surface area contributed by atoms with E-state index >= 15 is 0 Å². The van der Waals surface area contributed by atoms with E-state index in [9.17, 15) is 4.79 Å². The Bertz CT molecular complexity index is 684. The summed E-state index contributed by atoms with van der Waals surface area (Å²) in [6, 6.07) is 16.7. The van der Waals surface area contributed by atoms with Crippen molar-refractivity contribution < 1.29 is 4.79 Å². The van der Waals surface area contributed by atoms with Crippen LogP contribution in [0.5, 0.6) is 0 Å². The molecule has 2 aromatic carbocycles. The summed E-state index contributed by atoms with van der Waals surface area (Å²) < 4.78 is 0. The fraction of sp³-hybridized carbons (Fsp3) is 0.458. The SMILES string of the molecule is CCC(NC(=O)C(c1ccc(C)cc1)c1ccc(C)cc1)N1CCCCC1. The van der Waals surface area contributed by atoms with Crippen LogP contribution >= 0.6 is 0 Å². The molecule has 0 aliphatic carbocycles. The van der Waals surface area contributed by atoms with Crippen LogP contribution in [0.2, 0.25) is 0 Å². The van der Waals surface area contributed by atoms with Crippen molar-refractivity contribution >= 4 is 5.91 Å². The van der Waals surface area contributed by atoms with Crippen molar-refractivity contribution in [2.45, 2.75) is 58.5 Å². The van der Waals surface area contributed by atoms with Crippen molar-refractivity contribution in [3.63, 3.8) is 0 Å². The average Bonchev–Trinajstić information content (AvgIpc) is 2.70. The number of nitrogens with one attached hydrogen (secondary N) is 1. The van der Waals surface area contributed by atoms with Crippen LogP contribution in [-0.4, -0.2) is 30.1 Å². The van der Waals surface area contributed by atoms with Crippen molar-refractivity contribution in [3.8, 4) is 0 Å². The van der Waals surface area contributed by atoms with Gasteiger partial charge in [0.2, 0.25) is 5.91 Å². The summed E-state index contributed by atoms with van der Waals surface area (Å²) in [7, 11) is 0. The Labute approximate surface area is 163 Å². The highest BCUT2D eigenvalue weighted by molar-refractivity contribution is 5.87. The second-order valence-electron chi connectivity index (χ2n) is 7.78. The minimum absolute atomic E-state index is 0.0973. The number of hydrogen-bond donors (Lipinski definition) is 1. The molecular weight excluding hydrogens is 332 g/mol. The van der Waals surface area contributed by atoms with Crippen molar-refractivity contribution in [3.05, 3.63) is 70.8 Å². The second-order valence-corrected chi connectivity index (χ2v) is 7.78. The van der Waals surface area contributed by atoms with Gasteiger partial charge in [-0.15, -0.1) is 0 Å². The van der Waals surface area contributed by atoms with Crippen molar-refractivity contribution in [1.82, 2.24) is 10.2 Å². The molecule has 144 valence electrons. The van der Waals surface area contributed by atoms with E-state index in [2.05, 4.69) is 79.5 Å². The summed E-state index contributed by atoms with van der Waals surface area (Å²) in [6.45, 7) is 8.48. The van der Waals surface area contributed by atoms with E-state index in [0.717, 1.165) is 30.6 Å². The molecule has 1 N–H and O–H groups in total. The molecule has 1 amide bonds. The smallest absolute Gasteiger partial charge is 0.233 e. The topological polar surface area (TPSA) is 32.3 Å². The number of rotatable bonds is 6. The van der Waals surface area contributed by atoms with Crippen molar-refractivity contribution in [2.24, 2.45) is 0 Å². The molecular formula is C24H32N2O. The number of aryl methyl sites for hydroxylation is 2. The molecule has 1 saturated heterocycles. The van der Waals surface area contributed by atoms with E-state index in [4.69, 9.17) is 0 Å². The van der Waals surface area contributed by atoms with E-state index < -0.39 is 0 Å². The molecule has 3 nitrogen and oxygen atoms in total. The van der Waals surface area contributed by atoms with Crippen LogP contribution in [0.15, 0.2) is 48.5 Å². The van der Waals surface area contributed by atoms with Crippen LogP contribution in [0.25, 0.3) is 0 Å². The second kappa shape index (κ2) is 9.18. The highest BCUT2D eigenvalue weighted by Gasteiger charge is 2.27. The average molecular weight is 365 g/mol. The fourth-order valence-electron chi connectivity index (χ4n) is 3.94. The number of benzene rings is 2. The summed E-state index contributed by atoms with van der Waals surface area (Å²) in [5.74, 6) is -0.176. The van der Waals surface area contributed by atoms with E-state index in [1.807, 2.05) is 0 Å². The quantitative estimate of drug-likeness (QED) is 0.800. The van der Waals surface area contributed by atoms with E-state index in [-0.39, 0.29) is 18.0 Å². The van der Waals surface area contributed by atoms with Crippen LogP contribution in [0.1, 0.15) is 60.8 Å². The third-order valence-electron chi connectivity index (χ3n) is 5.61. The molecule has 1 aliphatic heterocycles. The maximum absolute atomic E-state index is 13.4. The first-order valence-corrected chi connectivity index (χ1v) is 10.3. The van der Waals surface area contributed by atoms with Crippen LogP contribution < -0.4 is 5.32 Å². The molecule has 0 spiro atoms. The van der Waals surface area contributed by atoms with Gasteiger partial charge in [-0.2, -0.15) is 0 Å². The molecule has 0 radical (unpaired) electrons. The van der Waals surface area contributed by atoms with Gasteiger partial charge in [-0.05, 0) is 44.2 Å². The van der Waals surface area contributed by atoms with Gasteiger partial charge in [-0.25, -0.2) is 0 Å². The molecule has 1 aliphatic rings. The first-order chi connectivity index (χ1) is 13.1. The van der Waals surface area contributed by atoms with Gasteiger partial charge < -0.3 is 5.32 Å². The zero-order valence-corrected chi connectivity index (χ0v) is 16.9. The van der Waals surface area contributed by atoms with Gasteiger partial charge in [0.1, 0.15) is 0 Å². The van der Waals surface area contributed by atoms with E-state index in [1.54, 1.807) is 0 Å². The van der Waals surface area contributed by atoms with Crippen LogP contribution in [-0.2, 0) is 4.79 Å². The fourth-order valence-corrected chi connectivity index (χ4v) is 3.94. The maximum atomic E-state index is 13.4. The van der Waals surface area contributed by atoms with E-state index in [0.29, 0.717) is 0 Å². The highest BCUT2D eigenvalue weighted by Crippen LogP contribution is 2.26. The summed E-state index contributed by atoms with van der Waals surface area (Å²) in [6.07, 6.45) is 4.81. The Balaban J connectivity index is 1.85. The monoisotopic (exact) mass is 364 g/mol. The molecule has 0 bridgehead atoms. The van der Waals surface area contributed by atoms with Crippen LogP contribution in [0.3, 0.4) is 0 Å². The lowest BCUT2D eigenvalue weighted by molar-refractivity contribution is -0.123. The lowest BCUT2D eigenvalue weighted by atomic mass is 9.89. The molecule has 3 heteroatoms. The summed E-state index contributed by atoms with van der Waals surface area (Å²) in [5.41, 5.74) is 4.52. The van der Waals surface area contributed by atoms with Gasteiger partial charge in [0.15, 0.2) is 0 Å². The largest absolute Gasteiger partial charge is 0.340 e. The normalized spacial score (nSPS) is 16.3. The minimum atomic E-state index is -0.273. The number of amides is 1. The third kappa shape index (κ3) is 4.98. The van der Waals surface area contributed by atoms with Crippen LogP contribution in [0, 0.1) is 13.8 Å². The third-order valence-corrected chi connectivity index (χ3v) is 5.61. The predicted molar refractivity (Wildman–Crippen MR) is 112 cm³/mol. The molecule has 1 fully saturated rings. The number of nitrogens with zero attached hydrogens (tertiary/aromatic N) is 1. The lowest BCUT2D eigenvalue weighted by Gasteiger charge is -2.35. The zero-order valence-electron chi connectivity index (χ0n) is 16.9. The summed E-state index contributed by atoms with van der Waals surface area (Å²) >= 11 is 0. The van der Waals surface area contributed by atoms with Gasteiger partial charge in [-0.1, -0.05) is 73.0 Å². The molecule has 3 rings (SSSR count). The Hall–Kier alpha value is -2.13. The number of hydrogen-bond acceptors (Lipinski definition) is 2. The highest BCUT2D eigenvalue weighted by atomic mass is 16.2. The number of carbonyl (C=O) groups excluding carboxylic acids is 1. The standard InChI is InChI=1S/C24H32N2O/c1-4-22(26-16-6-5-7-17-26)25-24(27)23(20-12-8-18(2)9-13-20)21-14-10-19(3)11-15-21/h8-15,22-23H,4-7,16-17H2,1-3H3,(H,25,27). The summed E-state index contributed by atoms with van der Waals surface area (Å²) in [4.78, 5) is 15.8. The Morgan fingerprint density at radius 2 is 1.37 bits per heavy atom. The summed E-state index contributed by atoms with van der Waals surface area (Å²) in [5, 5.41) is 3.35. The van der Waals surface area contributed by atoms with E-state index in [1.165, 1.54) is 30.4 Å². The first-order valence-electron chi connectivity index (χ1n) is 10.3. The maximum Gasteiger partial charge on any atom is 0.233 e. The van der Waals surface area contributed by atoms with Gasteiger partial charge in [0, 0.05) is 13.1 Å². The number of likely N-dealkylation sites (tertiary alicyclic amines) is 1. The zero-order chi connectivity index (χ0) is 19.2. The molecule has 1 atom stereocenters. The predicted octanol–water partition coefficient (Wildman–Crippen LogP) is 4.77. The van der Waals surface area contributed by atoms with Gasteiger partial charge in [-0.3, -0.25) is 9.69 Å². The Morgan fingerprint density at radius 3 is 1.81 bits per heavy atom. The molecule has 0 saturated carbocycles. The lowest BCUT2D eigenvalue weighted by Crippen LogP contribution is -2.50. The number of piperidine rings is 1. The first kappa shape index (κ1) is 19.6. The Kier molecular flexibility index (Phi) is 6.68.